The second-order valence-electron chi connectivity index (χ2n) is 6.11. The van der Waals surface area contributed by atoms with Crippen LogP contribution in [0.3, 0.4) is 0 Å². The van der Waals surface area contributed by atoms with Crippen LogP contribution in [0.15, 0.2) is 27.3 Å². The van der Waals surface area contributed by atoms with E-state index in [1.807, 2.05) is 4.90 Å². The van der Waals surface area contributed by atoms with Gasteiger partial charge in [0, 0.05) is 12.5 Å². The molecule has 22 heavy (non-hydrogen) atoms. The second-order valence-corrected chi connectivity index (χ2v) is 6.11. The predicted octanol–water partition coefficient (Wildman–Crippen LogP) is 3.30. The lowest BCUT2D eigenvalue weighted by atomic mass is 10.1. The molecular weight excluding hydrogens is 282 g/mol. The highest BCUT2D eigenvalue weighted by Gasteiger charge is 2.35. The van der Waals surface area contributed by atoms with E-state index in [-0.39, 0.29) is 11.9 Å². The van der Waals surface area contributed by atoms with Crippen molar-refractivity contribution in [3.63, 3.8) is 0 Å². The van der Waals surface area contributed by atoms with Gasteiger partial charge in [0.1, 0.15) is 6.04 Å². The summed E-state index contributed by atoms with van der Waals surface area (Å²) in [5.41, 5.74) is 0. The molecule has 0 aromatic carbocycles. The maximum atomic E-state index is 12.7. The summed E-state index contributed by atoms with van der Waals surface area (Å²) in [6.45, 7) is 0.700. The van der Waals surface area contributed by atoms with Gasteiger partial charge in [-0.3, -0.25) is 4.79 Å². The number of hydrogen-bond donors (Lipinski definition) is 0. The average Bonchev–Trinajstić information content (AvgIpc) is 3.11. The zero-order valence-electron chi connectivity index (χ0n) is 12.4. The van der Waals surface area contributed by atoms with Gasteiger partial charge in [0.25, 0.3) is 5.91 Å². The van der Waals surface area contributed by atoms with Gasteiger partial charge in [0.05, 0.1) is 6.26 Å². The van der Waals surface area contributed by atoms with Gasteiger partial charge in [0.2, 0.25) is 5.89 Å². The Morgan fingerprint density at radius 2 is 2.14 bits per heavy atom. The lowest BCUT2D eigenvalue weighted by Crippen LogP contribution is -2.34. The van der Waals surface area contributed by atoms with E-state index >= 15 is 0 Å². The zero-order chi connectivity index (χ0) is 14.9. The van der Waals surface area contributed by atoms with Crippen molar-refractivity contribution in [2.75, 3.05) is 6.54 Å². The van der Waals surface area contributed by atoms with Crippen molar-refractivity contribution in [2.24, 2.45) is 0 Å². The predicted molar refractivity (Wildman–Crippen MR) is 77.2 cm³/mol. The Kier molecular flexibility index (Phi) is 3.44. The molecule has 6 nitrogen and oxygen atoms in total. The fourth-order valence-corrected chi connectivity index (χ4v) is 3.04. The number of aromatic nitrogens is 2. The molecule has 1 saturated carbocycles. The van der Waals surface area contributed by atoms with Crippen LogP contribution in [0.25, 0.3) is 0 Å². The molecular formula is C16H19N3O3. The smallest absolute Gasteiger partial charge is 0.290 e. The lowest BCUT2D eigenvalue weighted by molar-refractivity contribution is 0.0612. The van der Waals surface area contributed by atoms with Gasteiger partial charge in [-0.25, -0.2) is 0 Å². The van der Waals surface area contributed by atoms with Crippen LogP contribution < -0.4 is 0 Å². The summed E-state index contributed by atoms with van der Waals surface area (Å²) in [6, 6.07) is 3.30. The van der Waals surface area contributed by atoms with Gasteiger partial charge in [0.15, 0.2) is 11.6 Å². The molecule has 0 radical (unpaired) electrons. The number of carbonyl (C=O) groups is 1. The molecule has 1 unspecified atom stereocenters. The second kappa shape index (κ2) is 5.59. The number of rotatable bonds is 3. The van der Waals surface area contributed by atoms with Crippen molar-refractivity contribution in [1.82, 2.24) is 15.0 Å². The van der Waals surface area contributed by atoms with Crippen molar-refractivity contribution in [2.45, 2.75) is 50.5 Å². The number of likely N-dealkylation sites (tertiary alicyclic amines) is 1. The van der Waals surface area contributed by atoms with Crippen molar-refractivity contribution < 1.29 is 13.7 Å². The van der Waals surface area contributed by atoms with E-state index in [2.05, 4.69) is 10.1 Å². The topological polar surface area (TPSA) is 72.4 Å². The maximum absolute atomic E-state index is 12.7. The minimum Gasteiger partial charge on any atom is -0.459 e. The lowest BCUT2D eigenvalue weighted by Gasteiger charge is -2.26. The fourth-order valence-electron chi connectivity index (χ4n) is 3.04. The van der Waals surface area contributed by atoms with Crippen molar-refractivity contribution >= 4 is 5.91 Å². The quantitative estimate of drug-likeness (QED) is 0.869. The summed E-state index contributed by atoms with van der Waals surface area (Å²) in [6.07, 6.45) is 7.83. The van der Waals surface area contributed by atoms with Crippen molar-refractivity contribution in [1.29, 1.82) is 0 Å². The zero-order valence-corrected chi connectivity index (χ0v) is 12.4. The molecule has 2 fully saturated rings. The Balaban J connectivity index is 1.61. The summed E-state index contributed by atoms with van der Waals surface area (Å²) in [7, 11) is 0. The molecule has 6 heteroatoms. The molecule has 116 valence electrons. The van der Waals surface area contributed by atoms with Crippen LogP contribution in [-0.2, 0) is 0 Å². The number of furan rings is 1. The first-order valence-electron chi connectivity index (χ1n) is 8.01. The minimum atomic E-state index is -0.139. The van der Waals surface area contributed by atoms with E-state index in [0.29, 0.717) is 24.1 Å². The monoisotopic (exact) mass is 301 g/mol. The van der Waals surface area contributed by atoms with Crippen molar-refractivity contribution in [3.05, 3.63) is 35.9 Å². The molecule has 3 heterocycles. The highest BCUT2D eigenvalue weighted by molar-refractivity contribution is 5.91. The number of amides is 1. The van der Waals surface area contributed by atoms with Crippen LogP contribution in [0.2, 0.25) is 0 Å². The number of hydrogen-bond acceptors (Lipinski definition) is 5. The van der Waals surface area contributed by atoms with Crippen LogP contribution in [0, 0.1) is 0 Å². The molecule has 2 aliphatic rings. The van der Waals surface area contributed by atoms with E-state index in [0.717, 1.165) is 44.3 Å². The molecule has 0 N–H and O–H groups in total. The SMILES string of the molecule is O=C(c1ccco1)N1CCCCCC1c1nc(C2CC2)no1. The first kappa shape index (κ1) is 13.5. The minimum absolute atomic E-state index is 0.0944. The highest BCUT2D eigenvalue weighted by atomic mass is 16.5. The molecule has 1 atom stereocenters. The molecule has 2 aromatic heterocycles. The van der Waals surface area contributed by atoms with Crippen LogP contribution in [0.4, 0.5) is 0 Å². The van der Waals surface area contributed by atoms with Crippen molar-refractivity contribution in [3.8, 4) is 0 Å². The largest absolute Gasteiger partial charge is 0.459 e. The Labute approximate surface area is 128 Å². The Morgan fingerprint density at radius 3 is 2.91 bits per heavy atom. The summed E-state index contributed by atoms with van der Waals surface area (Å²) >= 11 is 0. The maximum Gasteiger partial charge on any atom is 0.290 e. The van der Waals surface area contributed by atoms with E-state index in [1.54, 1.807) is 12.1 Å². The molecule has 1 aliphatic carbocycles. The first-order chi connectivity index (χ1) is 10.8. The Morgan fingerprint density at radius 1 is 1.23 bits per heavy atom. The summed E-state index contributed by atoms with van der Waals surface area (Å²) in [4.78, 5) is 19.1. The van der Waals surface area contributed by atoms with Gasteiger partial charge >= 0.3 is 0 Å². The molecule has 1 aliphatic heterocycles. The van der Waals surface area contributed by atoms with Gasteiger partial charge in [-0.2, -0.15) is 4.98 Å². The van der Waals surface area contributed by atoms with Crippen LogP contribution in [0.5, 0.6) is 0 Å². The van der Waals surface area contributed by atoms with Crippen LogP contribution in [-0.4, -0.2) is 27.5 Å². The molecule has 1 saturated heterocycles. The molecule has 4 rings (SSSR count). The molecule has 0 spiro atoms. The number of nitrogens with zero attached hydrogens (tertiary/aromatic N) is 3. The third kappa shape index (κ3) is 2.53. The van der Waals surface area contributed by atoms with E-state index in [9.17, 15) is 4.79 Å². The van der Waals surface area contributed by atoms with Gasteiger partial charge in [-0.05, 0) is 37.8 Å². The Bertz CT molecular complexity index is 645. The first-order valence-corrected chi connectivity index (χ1v) is 8.01. The number of carbonyl (C=O) groups excluding carboxylic acids is 1. The van der Waals surface area contributed by atoms with Gasteiger partial charge in [-0.15, -0.1) is 0 Å². The third-order valence-corrected chi connectivity index (χ3v) is 4.43. The van der Waals surface area contributed by atoms with Crippen LogP contribution >= 0.6 is 0 Å². The van der Waals surface area contributed by atoms with Crippen LogP contribution in [0.1, 0.15) is 72.8 Å². The standard InChI is InChI=1S/C16H19N3O3/c20-16(13-6-4-10-21-13)19-9-3-1-2-5-12(19)15-17-14(18-22-15)11-7-8-11/h4,6,10-12H,1-3,5,7-9H2. The van der Waals surface area contributed by atoms with Gasteiger partial charge in [-0.1, -0.05) is 18.0 Å². The third-order valence-electron chi connectivity index (χ3n) is 4.43. The van der Waals surface area contributed by atoms with E-state index < -0.39 is 0 Å². The normalized spacial score (nSPS) is 22.5. The summed E-state index contributed by atoms with van der Waals surface area (Å²) in [5.74, 6) is 2.10. The molecule has 0 bridgehead atoms. The van der Waals surface area contributed by atoms with Gasteiger partial charge < -0.3 is 13.8 Å². The van der Waals surface area contributed by atoms with E-state index in [1.165, 1.54) is 6.26 Å². The molecule has 1 amide bonds. The summed E-state index contributed by atoms with van der Waals surface area (Å²) < 4.78 is 10.7. The highest BCUT2D eigenvalue weighted by Crippen LogP contribution is 2.39. The fraction of sp³-hybridized carbons (Fsp3) is 0.562. The summed E-state index contributed by atoms with van der Waals surface area (Å²) in [5, 5.41) is 4.09. The molecule has 2 aromatic rings. The van der Waals surface area contributed by atoms with E-state index in [4.69, 9.17) is 8.94 Å². The average molecular weight is 301 g/mol. The Hall–Kier alpha value is -2.11.